The van der Waals surface area contributed by atoms with Gasteiger partial charge in [-0.1, -0.05) is 12.2 Å². The molecule has 0 radical (unpaired) electrons. The number of hydrogen-bond acceptors (Lipinski definition) is 3. The number of carbonyl (C=O) groups excluding carboxylic acids is 1. The van der Waals surface area contributed by atoms with E-state index in [1.807, 2.05) is 20.8 Å². The number of amides is 1. The van der Waals surface area contributed by atoms with E-state index in [4.69, 9.17) is 4.74 Å². The Bertz CT molecular complexity index is 438. The van der Waals surface area contributed by atoms with Crippen LogP contribution in [0.2, 0.25) is 0 Å². The Morgan fingerprint density at radius 3 is 2.52 bits per heavy atom. The van der Waals surface area contributed by atoms with Gasteiger partial charge in [-0.2, -0.15) is 0 Å². The minimum Gasteiger partial charge on any atom is -0.480 e. The van der Waals surface area contributed by atoms with Crippen LogP contribution in [0.4, 0.5) is 0 Å². The number of ether oxygens (including phenoxy) is 1. The molecule has 0 aromatic carbocycles. The van der Waals surface area contributed by atoms with Gasteiger partial charge in [0.05, 0.1) is 5.60 Å². The first kappa shape index (κ1) is 16.0. The summed E-state index contributed by atoms with van der Waals surface area (Å²) in [5.41, 5.74) is -0.303. The normalized spacial score (nSPS) is 28.6. The van der Waals surface area contributed by atoms with E-state index in [2.05, 4.69) is 17.5 Å². The topological polar surface area (TPSA) is 75.6 Å². The summed E-state index contributed by atoms with van der Waals surface area (Å²) in [6.07, 6.45) is 6.42. The fourth-order valence-electron chi connectivity index (χ4n) is 3.10. The number of fused-ring (bicyclic) bond motifs is 2. The highest BCUT2D eigenvalue weighted by atomic mass is 16.5. The van der Waals surface area contributed by atoms with Gasteiger partial charge in [0.15, 0.2) is 0 Å². The third-order valence-electron chi connectivity index (χ3n) is 4.17. The molecule has 2 N–H and O–H groups in total. The summed E-state index contributed by atoms with van der Waals surface area (Å²) in [5, 5.41) is 11.9. The maximum Gasteiger partial charge on any atom is 0.326 e. The van der Waals surface area contributed by atoms with Crippen molar-refractivity contribution in [3.8, 4) is 0 Å². The van der Waals surface area contributed by atoms with Crippen LogP contribution in [0, 0.1) is 17.8 Å². The van der Waals surface area contributed by atoms with Gasteiger partial charge in [0.1, 0.15) is 6.04 Å². The van der Waals surface area contributed by atoms with E-state index in [0.29, 0.717) is 12.5 Å². The molecule has 1 fully saturated rings. The number of carboxylic acids is 1. The molecule has 5 nitrogen and oxygen atoms in total. The van der Waals surface area contributed by atoms with Crippen LogP contribution in [0.1, 0.15) is 40.0 Å². The molecule has 0 aromatic rings. The zero-order valence-electron chi connectivity index (χ0n) is 13.0. The predicted molar refractivity (Wildman–Crippen MR) is 78.7 cm³/mol. The van der Waals surface area contributed by atoms with Crippen molar-refractivity contribution in [3.05, 3.63) is 12.2 Å². The number of carbonyl (C=O) groups is 2. The lowest BCUT2D eigenvalue weighted by atomic mass is 9.92. The van der Waals surface area contributed by atoms with Crippen molar-refractivity contribution in [1.82, 2.24) is 5.32 Å². The van der Waals surface area contributed by atoms with Crippen molar-refractivity contribution in [2.75, 3.05) is 6.61 Å². The van der Waals surface area contributed by atoms with Crippen LogP contribution in [-0.4, -0.2) is 35.2 Å². The minimum absolute atomic E-state index is 0.0645. The molecule has 5 heteroatoms. The fraction of sp³-hybridized carbons (Fsp3) is 0.750. The van der Waals surface area contributed by atoms with E-state index in [9.17, 15) is 14.7 Å². The first-order valence-corrected chi connectivity index (χ1v) is 7.62. The van der Waals surface area contributed by atoms with E-state index in [1.54, 1.807) is 0 Å². The molecule has 1 saturated carbocycles. The molecule has 118 valence electrons. The van der Waals surface area contributed by atoms with Crippen LogP contribution >= 0.6 is 0 Å². The second-order valence-corrected chi connectivity index (χ2v) is 7.04. The highest BCUT2D eigenvalue weighted by molar-refractivity contribution is 5.85. The van der Waals surface area contributed by atoms with E-state index in [0.717, 1.165) is 12.8 Å². The van der Waals surface area contributed by atoms with Crippen molar-refractivity contribution in [2.45, 2.75) is 51.7 Å². The first-order valence-electron chi connectivity index (χ1n) is 7.62. The smallest absolute Gasteiger partial charge is 0.326 e. The quantitative estimate of drug-likeness (QED) is 0.735. The largest absolute Gasteiger partial charge is 0.480 e. The van der Waals surface area contributed by atoms with Gasteiger partial charge in [-0.15, -0.1) is 0 Å². The van der Waals surface area contributed by atoms with Gasteiger partial charge < -0.3 is 15.2 Å². The van der Waals surface area contributed by atoms with Crippen molar-refractivity contribution in [3.63, 3.8) is 0 Å². The molecule has 0 heterocycles. The molecule has 0 spiro atoms. The summed E-state index contributed by atoms with van der Waals surface area (Å²) in [6.45, 7) is 6.08. The summed E-state index contributed by atoms with van der Waals surface area (Å²) in [6, 6.07) is -0.872. The lowest BCUT2D eigenvalue weighted by Gasteiger charge is -2.23. The highest BCUT2D eigenvalue weighted by Crippen LogP contribution is 2.43. The Balaban J connectivity index is 1.83. The molecule has 4 atom stereocenters. The SMILES string of the molecule is CC(C)(C)OCCC(NC(=O)C1CC2C=CC1C2)C(=O)O. The van der Waals surface area contributed by atoms with Gasteiger partial charge in [0.25, 0.3) is 0 Å². The molecule has 0 saturated heterocycles. The number of carboxylic acid groups (broad SMARTS) is 1. The van der Waals surface area contributed by atoms with Crippen LogP contribution in [-0.2, 0) is 14.3 Å². The molecule has 4 unspecified atom stereocenters. The van der Waals surface area contributed by atoms with E-state index >= 15 is 0 Å². The highest BCUT2D eigenvalue weighted by Gasteiger charge is 2.40. The molecule has 2 bridgehead atoms. The van der Waals surface area contributed by atoms with E-state index in [-0.39, 0.29) is 29.8 Å². The molecular formula is C16H25NO4. The maximum absolute atomic E-state index is 12.3. The van der Waals surface area contributed by atoms with Gasteiger partial charge in [0.2, 0.25) is 5.91 Å². The van der Waals surface area contributed by atoms with E-state index < -0.39 is 12.0 Å². The Hall–Kier alpha value is -1.36. The van der Waals surface area contributed by atoms with Crippen LogP contribution in [0.25, 0.3) is 0 Å². The average Bonchev–Trinajstić information content (AvgIpc) is 2.97. The molecule has 2 aliphatic carbocycles. The first-order chi connectivity index (χ1) is 9.76. The Morgan fingerprint density at radius 2 is 2.05 bits per heavy atom. The Kier molecular flexibility index (Phi) is 4.71. The molecular weight excluding hydrogens is 270 g/mol. The van der Waals surface area contributed by atoms with Crippen molar-refractivity contribution in [2.24, 2.45) is 17.8 Å². The van der Waals surface area contributed by atoms with Gasteiger partial charge >= 0.3 is 5.97 Å². The van der Waals surface area contributed by atoms with Gasteiger partial charge in [-0.05, 0) is 45.4 Å². The van der Waals surface area contributed by atoms with E-state index in [1.165, 1.54) is 0 Å². The Labute approximate surface area is 125 Å². The fourth-order valence-corrected chi connectivity index (χ4v) is 3.10. The zero-order chi connectivity index (χ0) is 15.6. The number of allylic oxidation sites excluding steroid dienone is 2. The monoisotopic (exact) mass is 295 g/mol. The Morgan fingerprint density at radius 1 is 1.33 bits per heavy atom. The summed E-state index contributed by atoms with van der Waals surface area (Å²) >= 11 is 0. The van der Waals surface area contributed by atoms with Crippen LogP contribution in [0.5, 0.6) is 0 Å². The summed E-state index contributed by atoms with van der Waals surface area (Å²) in [5.74, 6) is -0.409. The average molecular weight is 295 g/mol. The summed E-state index contributed by atoms with van der Waals surface area (Å²) < 4.78 is 5.54. The van der Waals surface area contributed by atoms with Crippen molar-refractivity contribution in [1.29, 1.82) is 0 Å². The van der Waals surface area contributed by atoms with Crippen molar-refractivity contribution >= 4 is 11.9 Å². The summed E-state index contributed by atoms with van der Waals surface area (Å²) in [7, 11) is 0. The van der Waals surface area contributed by atoms with Crippen LogP contribution in [0.3, 0.4) is 0 Å². The number of aliphatic carboxylic acids is 1. The standard InChI is InChI=1S/C16H25NO4/c1-16(2,3)21-7-6-13(15(19)20)17-14(18)12-9-10-4-5-11(12)8-10/h4-5,10-13H,6-9H2,1-3H3,(H,17,18)(H,19,20). The molecule has 0 aliphatic heterocycles. The van der Waals surface area contributed by atoms with Gasteiger partial charge in [0, 0.05) is 18.9 Å². The molecule has 0 aromatic heterocycles. The second kappa shape index (κ2) is 6.18. The lowest BCUT2D eigenvalue weighted by molar-refractivity contribution is -0.143. The number of nitrogens with one attached hydrogen (secondary N) is 1. The summed E-state index contributed by atoms with van der Waals surface area (Å²) in [4.78, 5) is 23.5. The lowest BCUT2D eigenvalue weighted by Crippen LogP contribution is -2.45. The predicted octanol–water partition coefficient (Wildman–Crippen LogP) is 1.97. The molecule has 21 heavy (non-hydrogen) atoms. The number of rotatable bonds is 6. The van der Waals surface area contributed by atoms with Crippen LogP contribution in [0.15, 0.2) is 12.2 Å². The molecule has 2 rings (SSSR count). The molecule has 1 amide bonds. The van der Waals surface area contributed by atoms with Crippen LogP contribution < -0.4 is 5.32 Å². The van der Waals surface area contributed by atoms with Gasteiger partial charge in [-0.3, -0.25) is 4.79 Å². The third kappa shape index (κ3) is 4.30. The second-order valence-electron chi connectivity index (χ2n) is 7.04. The number of hydrogen-bond donors (Lipinski definition) is 2. The van der Waals surface area contributed by atoms with Crippen molar-refractivity contribution < 1.29 is 19.4 Å². The minimum atomic E-state index is -1.00. The molecule has 2 aliphatic rings. The third-order valence-corrected chi connectivity index (χ3v) is 4.17. The van der Waals surface area contributed by atoms with Gasteiger partial charge in [-0.25, -0.2) is 4.79 Å². The zero-order valence-corrected chi connectivity index (χ0v) is 13.0. The maximum atomic E-state index is 12.3.